The van der Waals surface area contributed by atoms with Crippen LogP contribution in [0.3, 0.4) is 0 Å². The van der Waals surface area contributed by atoms with Crippen LogP contribution in [0.5, 0.6) is 0 Å². The fourth-order valence-electron chi connectivity index (χ4n) is 5.59. The van der Waals surface area contributed by atoms with Gasteiger partial charge in [0.15, 0.2) is 0 Å². The molecule has 1 unspecified atom stereocenters. The highest BCUT2D eigenvalue weighted by atomic mass is 16.3. The standard InChI is InChI=1S/C25H31N3O3/c1-3-21-8-9-22(31-21)16-27-12-10-19(11-13-27)25(2)23(29)28(24(30)26-25)20-14-17-6-4-5-7-18(17)15-20/h4-9,19-20H,3,10-16H2,1-2H3,(H,26,30). The van der Waals surface area contributed by atoms with Crippen molar-refractivity contribution in [1.82, 2.24) is 15.1 Å². The summed E-state index contributed by atoms with van der Waals surface area (Å²) in [5.41, 5.74) is 1.69. The lowest BCUT2D eigenvalue weighted by atomic mass is 9.78. The molecule has 0 bridgehead atoms. The van der Waals surface area contributed by atoms with Crippen LogP contribution in [0.15, 0.2) is 40.8 Å². The van der Waals surface area contributed by atoms with Gasteiger partial charge in [0.2, 0.25) is 0 Å². The van der Waals surface area contributed by atoms with Crippen LogP contribution in [0, 0.1) is 5.92 Å². The Hall–Kier alpha value is -2.60. The average molecular weight is 422 g/mol. The Balaban J connectivity index is 1.23. The van der Waals surface area contributed by atoms with Gasteiger partial charge < -0.3 is 9.73 Å². The van der Waals surface area contributed by atoms with Crippen molar-refractivity contribution in [2.75, 3.05) is 13.1 Å². The van der Waals surface area contributed by atoms with E-state index in [1.807, 2.05) is 25.1 Å². The van der Waals surface area contributed by atoms with Crippen LogP contribution in [0.4, 0.5) is 4.79 Å². The van der Waals surface area contributed by atoms with Gasteiger partial charge in [-0.1, -0.05) is 31.2 Å². The number of piperidine rings is 1. The second-order valence-electron chi connectivity index (χ2n) is 9.41. The summed E-state index contributed by atoms with van der Waals surface area (Å²) in [4.78, 5) is 30.3. The Morgan fingerprint density at radius 3 is 2.29 bits per heavy atom. The summed E-state index contributed by atoms with van der Waals surface area (Å²) < 4.78 is 5.85. The summed E-state index contributed by atoms with van der Waals surface area (Å²) in [5, 5.41) is 3.08. The van der Waals surface area contributed by atoms with Crippen LogP contribution in [0.25, 0.3) is 0 Å². The van der Waals surface area contributed by atoms with Gasteiger partial charge >= 0.3 is 6.03 Å². The number of nitrogens with one attached hydrogen (secondary N) is 1. The normalized spacial score (nSPS) is 25.3. The number of aryl methyl sites for hydroxylation is 1. The van der Waals surface area contributed by atoms with Crippen molar-refractivity contribution >= 4 is 11.9 Å². The maximum Gasteiger partial charge on any atom is 0.325 e. The number of nitrogens with zero attached hydrogens (tertiary/aromatic N) is 2. The molecule has 0 saturated carbocycles. The van der Waals surface area contributed by atoms with E-state index in [0.29, 0.717) is 0 Å². The Morgan fingerprint density at radius 2 is 1.68 bits per heavy atom. The van der Waals surface area contributed by atoms with Crippen molar-refractivity contribution in [2.45, 2.75) is 64.1 Å². The lowest BCUT2D eigenvalue weighted by Gasteiger charge is -2.38. The van der Waals surface area contributed by atoms with Crippen molar-refractivity contribution < 1.29 is 14.0 Å². The average Bonchev–Trinajstić information content (AvgIpc) is 3.45. The quantitative estimate of drug-likeness (QED) is 0.750. The molecule has 1 N–H and O–H groups in total. The molecule has 1 aliphatic carbocycles. The van der Waals surface area contributed by atoms with E-state index in [4.69, 9.17) is 4.42 Å². The minimum atomic E-state index is -0.808. The maximum atomic E-state index is 13.5. The van der Waals surface area contributed by atoms with E-state index in [-0.39, 0.29) is 23.9 Å². The van der Waals surface area contributed by atoms with Gasteiger partial charge in [-0.15, -0.1) is 0 Å². The monoisotopic (exact) mass is 421 g/mol. The summed E-state index contributed by atoms with van der Waals surface area (Å²) in [6.07, 6.45) is 4.20. The molecule has 2 aliphatic heterocycles. The first kappa shape index (κ1) is 20.3. The third-order valence-electron chi connectivity index (χ3n) is 7.49. The van der Waals surface area contributed by atoms with E-state index in [1.54, 1.807) is 0 Å². The number of urea groups is 1. The maximum absolute atomic E-state index is 13.5. The van der Waals surface area contributed by atoms with Crippen molar-refractivity contribution in [3.8, 4) is 0 Å². The number of benzene rings is 1. The third-order valence-corrected chi connectivity index (χ3v) is 7.49. The van der Waals surface area contributed by atoms with E-state index in [0.717, 1.165) is 63.3 Å². The van der Waals surface area contributed by atoms with Crippen LogP contribution in [-0.4, -0.2) is 46.4 Å². The number of hydrogen-bond donors (Lipinski definition) is 1. The zero-order chi connectivity index (χ0) is 21.6. The van der Waals surface area contributed by atoms with Crippen molar-refractivity contribution in [3.63, 3.8) is 0 Å². The van der Waals surface area contributed by atoms with Gasteiger partial charge in [0.05, 0.1) is 6.54 Å². The Bertz CT molecular complexity index is 966. The number of carbonyl (C=O) groups is 2. The van der Waals surface area contributed by atoms with Crippen molar-refractivity contribution in [1.29, 1.82) is 0 Å². The molecule has 1 aromatic heterocycles. The minimum Gasteiger partial charge on any atom is -0.465 e. The Kier molecular flexibility index (Phi) is 5.13. The van der Waals surface area contributed by atoms with Gasteiger partial charge in [0.25, 0.3) is 5.91 Å². The molecule has 2 saturated heterocycles. The molecule has 6 heteroatoms. The number of fused-ring (bicyclic) bond motifs is 1. The van der Waals surface area contributed by atoms with Crippen molar-refractivity contribution in [2.24, 2.45) is 5.92 Å². The molecule has 3 heterocycles. The van der Waals surface area contributed by atoms with Gasteiger partial charge in [-0.2, -0.15) is 0 Å². The number of hydrogen-bond acceptors (Lipinski definition) is 4. The lowest BCUT2D eigenvalue weighted by Crippen LogP contribution is -2.54. The third kappa shape index (κ3) is 3.57. The number of amides is 3. The van der Waals surface area contributed by atoms with Crippen LogP contribution in [0.2, 0.25) is 0 Å². The van der Waals surface area contributed by atoms with Gasteiger partial charge in [0, 0.05) is 12.5 Å². The molecule has 3 aliphatic rings. The van der Waals surface area contributed by atoms with E-state index in [1.165, 1.54) is 16.0 Å². The Labute approximate surface area is 183 Å². The minimum absolute atomic E-state index is 0.0487. The Morgan fingerprint density at radius 1 is 1.03 bits per heavy atom. The lowest BCUT2D eigenvalue weighted by molar-refractivity contribution is -0.134. The molecule has 1 aromatic carbocycles. The molecule has 1 atom stereocenters. The first-order chi connectivity index (χ1) is 15.0. The fraction of sp³-hybridized carbons (Fsp3) is 0.520. The fourth-order valence-corrected chi connectivity index (χ4v) is 5.59. The van der Waals surface area contributed by atoms with E-state index >= 15 is 0 Å². The van der Waals surface area contributed by atoms with Crippen molar-refractivity contribution in [3.05, 3.63) is 59.0 Å². The number of rotatable bonds is 5. The number of imide groups is 1. The molecular formula is C25H31N3O3. The molecule has 31 heavy (non-hydrogen) atoms. The summed E-state index contributed by atoms with van der Waals surface area (Å²) >= 11 is 0. The van der Waals surface area contributed by atoms with Gasteiger partial charge in [0.1, 0.15) is 17.1 Å². The second-order valence-corrected chi connectivity index (χ2v) is 9.41. The summed E-state index contributed by atoms with van der Waals surface area (Å²) in [6.45, 7) is 6.63. The zero-order valence-corrected chi connectivity index (χ0v) is 18.4. The highest BCUT2D eigenvalue weighted by Gasteiger charge is 2.55. The van der Waals surface area contributed by atoms with Gasteiger partial charge in [-0.3, -0.25) is 14.6 Å². The summed E-state index contributed by atoms with van der Waals surface area (Å²) in [6, 6.07) is 12.1. The molecule has 5 rings (SSSR count). The summed E-state index contributed by atoms with van der Waals surface area (Å²) in [7, 11) is 0. The smallest absolute Gasteiger partial charge is 0.325 e. The number of furan rings is 1. The molecule has 164 valence electrons. The zero-order valence-electron chi connectivity index (χ0n) is 18.4. The number of likely N-dealkylation sites (tertiary alicyclic amines) is 1. The van der Waals surface area contributed by atoms with Crippen LogP contribution in [0.1, 0.15) is 49.3 Å². The van der Waals surface area contributed by atoms with Crippen LogP contribution in [-0.2, 0) is 30.6 Å². The van der Waals surface area contributed by atoms with Gasteiger partial charge in [-0.25, -0.2) is 4.79 Å². The van der Waals surface area contributed by atoms with Crippen LogP contribution < -0.4 is 5.32 Å². The highest BCUT2D eigenvalue weighted by molar-refractivity contribution is 6.07. The molecule has 0 radical (unpaired) electrons. The molecule has 2 fully saturated rings. The first-order valence-electron chi connectivity index (χ1n) is 11.5. The molecule has 6 nitrogen and oxygen atoms in total. The van der Waals surface area contributed by atoms with E-state index in [9.17, 15) is 9.59 Å². The number of carbonyl (C=O) groups excluding carboxylic acids is 2. The SMILES string of the molecule is CCc1ccc(CN2CCC(C3(C)NC(=O)N(C4Cc5ccccc5C4)C3=O)CC2)o1. The predicted octanol–water partition coefficient (Wildman–Crippen LogP) is 3.53. The summed E-state index contributed by atoms with van der Waals surface area (Å²) in [5.74, 6) is 2.12. The largest absolute Gasteiger partial charge is 0.465 e. The molecule has 3 amide bonds. The highest BCUT2D eigenvalue weighted by Crippen LogP contribution is 2.36. The topological polar surface area (TPSA) is 65.8 Å². The van der Waals surface area contributed by atoms with E-state index in [2.05, 4.69) is 35.3 Å². The predicted molar refractivity (Wildman–Crippen MR) is 118 cm³/mol. The van der Waals surface area contributed by atoms with Crippen LogP contribution >= 0.6 is 0 Å². The van der Waals surface area contributed by atoms with E-state index < -0.39 is 5.54 Å². The molecular weight excluding hydrogens is 390 g/mol. The van der Waals surface area contributed by atoms with Gasteiger partial charge in [-0.05, 0) is 74.9 Å². The first-order valence-corrected chi connectivity index (χ1v) is 11.5. The molecule has 2 aromatic rings. The molecule has 0 spiro atoms. The second kappa shape index (κ2) is 7.83.